The Balaban J connectivity index is 1.22. The summed E-state index contributed by atoms with van der Waals surface area (Å²) >= 11 is 0. The van der Waals surface area contributed by atoms with E-state index in [1.165, 1.54) is 64.7 Å². The standard InChI is InChI=1S/C28H43N3O3/c1-2-3-4-8-13-26(32)23-14-15-25-27(22-23)34-28(33)31(25)17-10-9-16-29-18-20-30(21-19-29)24-11-6-5-7-12-24/h14-15,22,24H,2-13,16-21H2,1H3. The number of piperazine rings is 1. The van der Waals surface area contributed by atoms with E-state index in [1.807, 2.05) is 12.1 Å². The van der Waals surface area contributed by atoms with Crippen molar-refractivity contribution in [1.82, 2.24) is 14.4 Å². The highest BCUT2D eigenvalue weighted by molar-refractivity contribution is 5.98. The maximum Gasteiger partial charge on any atom is 0.419 e. The first-order chi connectivity index (χ1) is 16.7. The van der Waals surface area contributed by atoms with Crippen molar-refractivity contribution in [3.05, 3.63) is 34.3 Å². The molecule has 0 unspecified atom stereocenters. The number of aryl methyl sites for hydroxylation is 1. The van der Waals surface area contributed by atoms with Crippen LogP contribution in [0.2, 0.25) is 0 Å². The molecule has 2 fully saturated rings. The lowest BCUT2D eigenvalue weighted by Crippen LogP contribution is -2.50. The molecule has 6 heteroatoms. The number of Topliss-reactive ketones (excluding diaryl/α,β-unsaturated/α-hetero) is 1. The molecule has 6 nitrogen and oxygen atoms in total. The molecule has 2 aliphatic rings. The fourth-order valence-corrected chi connectivity index (χ4v) is 5.71. The summed E-state index contributed by atoms with van der Waals surface area (Å²) in [6.07, 6.45) is 14.0. The third-order valence-electron chi connectivity index (χ3n) is 7.85. The summed E-state index contributed by atoms with van der Waals surface area (Å²) in [5, 5.41) is 0. The van der Waals surface area contributed by atoms with Crippen LogP contribution in [0, 0.1) is 0 Å². The number of unbranched alkanes of at least 4 members (excludes halogenated alkanes) is 4. The van der Waals surface area contributed by atoms with E-state index in [4.69, 9.17) is 4.42 Å². The summed E-state index contributed by atoms with van der Waals surface area (Å²) in [7, 11) is 0. The minimum Gasteiger partial charge on any atom is -0.408 e. The molecule has 2 heterocycles. The molecule has 188 valence electrons. The summed E-state index contributed by atoms with van der Waals surface area (Å²) in [5.74, 6) is -0.180. The fraction of sp³-hybridized carbons (Fsp3) is 0.714. The Morgan fingerprint density at radius 1 is 0.941 bits per heavy atom. The lowest BCUT2D eigenvalue weighted by atomic mass is 9.94. The van der Waals surface area contributed by atoms with Crippen molar-refractivity contribution in [2.45, 2.75) is 96.6 Å². The largest absolute Gasteiger partial charge is 0.419 e. The number of benzene rings is 1. The zero-order valence-electron chi connectivity index (χ0n) is 21.1. The number of hydrogen-bond acceptors (Lipinski definition) is 5. The average molecular weight is 470 g/mol. The van der Waals surface area contributed by atoms with Crippen LogP contribution in [0.5, 0.6) is 0 Å². The topological polar surface area (TPSA) is 58.7 Å². The van der Waals surface area contributed by atoms with E-state index in [-0.39, 0.29) is 11.5 Å². The molecule has 0 bridgehead atoms. The summed E-state index contributed by atoms with van der Waals surface area (Å²) in [6.45, 7) is 8.67. The number of aromatic nitrogens is 1. The molecule has 0 spiro atoms. The molecule has 0 atom stereocenters. The Hall–Kier alpha value is -1.92. The van der Waals surface area contributed by atoms with Gasteiger partial charge in [0, 0.05) is 50.7 Å². The van der Waals surface area contributed by atoms with Gasteiger partial charge < -0.3 is 9.32 Å². The molecule has 0 amide bonds. The molecule has 1 aliphatic heterocycles. The lowest BCUT2D eigenvalue weighted by Gasteiger charge is -2.40. The van der Waals surface area contributed by atoms with Gasteiger partial charge in [-0.25, -0.2) is 4.79 Å². The molecule has 1 saturated heterocycles. The van der Waals surface area contributed by atoms with E-state index in [9.17, 15) is 9.59 Å². The molecule has 1 aromatic heterocycles. The molecule has 2 aromatic rings. The maximum absolute atomic E-state index is 12.5. The lowest BCUT2D eigenvalue weighted by molar-refractivity contribution is 0.0780. The second-order valence-electron chi connectivity index (χ2n) is 10.3. The van der Waals surface area contributed by atoms with E-state index in [0.717, 1.165) is 50.2 Å². The summed E-state index contributed by atoms with van der Waals surface area (Å²) < 4.78 is 7.22. The number of rotatable bonds is 12. The second kappa shape index (κ2) is 12.7. The van der Waals surface area contributed by atoms with Gasteiger partial charge in [-0.1, -0.05) is 45.4 Å². The Bertz CT molecular complexity index is 965. The third kappa shape index (κ3) is 6.60. The average Bonchev–Trinajstić information content (AvgIpc) is 3.19. The van der Waals surface area contributed by atoms with Gasteiger partial charge in [0.25, 0.3) is 0 Å². The highest BCUT2D eigenvalue weighted by Gasteiger charge is 2.24. The van der Waals surface area contributed by atoms with Gasteiger partial charge >= 0.3 is 5.76 Å². The van der Waals surface area contributed by atoms with Gasteiger partial charge in [-0.3, -0.25) is 14.3 Å². The third-order valence-corrected chi connectivity index (χ3v) is 7.85. The molecule has 1 aromatic carbocycles. The van der Waals surface area contributed by atoms with Gasteiger partial charge in [-0.05, 0) is 56.8 Å². The van der Waals surface area contributed by atoms with Crippen LogP contribution in [-0.4, -0.2) is 58.9 Å². The minimum absolute atomic E-state index is 0.136. The number of hydrogen-bond donors (Lipinski definition) is 0. The van der Waals surface area contributed by atoms with Crippen LogP contribution in [0.4, 0.5) is 0 Å². The van der Waals surface area contributed by atoms with Crippen molar-refractivity contribution in [2.75, 3.05) is 32.7 Å². The number of oxazole rings is 1. The van der Waals surface area contributed by atoms with E-state index >= 15 is 0 Å². The highest BCUT2D eigenvalue weighted by atomic mass is 16.4. The van der Waals surface area contributed by atoms with Crippen LogP contribution in [0.15, 0.2) is 27.4 Å². The Morgan fingerprint density at radius 2 is 1.71 bits per heavy atom. The van der Waals surface area contributed by atoms with Crippen molar-refractivity contribution in [3.63, 3.8) is 0 Å². The van der Waals surface area contributed by atoms with Crippen molar-refractivity contribution < 1.29 is 9.21 Å². The summed E-state index contributed by atoms with van der Waals surface area (Å²) in [5.41, 5.74) is 1.98. The van der Waals surface area contributed by atoms with E-state index in [0.29, 0.717) is 24.1 Å². The van der Waals surface area contributed by atoms with Gasteiger partial charge in [-0.2, -0.15) is 0 Å². The molecular weight excluding hydrogens is 426 g/mol. The van der Waals surface area contributed by atoms with Gasteiger partial charge in [-0.15, -0.1) is 0 Å². The van der Waals surface area contributed by atoms with E-state index in [1.54, 1.807) is 10.6 Å². The zero-order valence-corrected chi connectivity index (χ0v) is 21.1. The SMILES string of the molecule is CCCCCCC(=O)c1ccc2c(c1)oc(=O)n2CCCCN1CCN(C2CCCCC2)CC1. The van der Waals surface area contributed by atoms with Crippen LogP contribution in [-0.2, 0) is 6.54 Å². The first-order valence-corrected chi connectivity index (χ1v) is 13.8. The number of carbonyl (C=O) groups excluding carboxylic acids is 1. The van der Waals surface area contributed by atoms with E-state index < -0.39 is 0 Å². The van der Waals surface area contributed by atoms with Crippen molar-refractivity contribution in [1.29, 1.82) is 0 Å². The molecule has 34 heavy (non-hydrogen) atoms. The molecule has 0 N–H and O–H groups in total. The monoisotopic (exact) mass is 469 g/mol. The smallest absolute Gasteiger partial charge is 0.408 e. The molecule has 1 saturated carbocycles. The van der Waals surface area contributed by atoms with E-state index in [2.05, 4.69) is 16.7 Å². The predicted octanol–water partition coefficient (Wildman–Crippen LogP) is 5.48. The number of ketones is 1. The first-order valence-electron chi connectivity index (χ1n) is 13.8. The summed E-state index contributed by atoms with van der Waals surface area (Å²) in [6, 6.07) is 6.31. The van der Waals surface area contributed by atoms with Crippen LogP contribution in [0.1, 0.15) is 94.3 Å². The van der Waals surface area contributed by atoms with Crippen LogP contribution < -0.4 is 5.76 Å². The van der Waals surface area contributed by atoms with Gasteiger partial charge in [0.05, 0.1) is 5.52 Å². The molecule has 4 rings (SSSR count). The molecule has 0 radical (unpaired) electrons. The van der Waals surface area contributed by atoms with Crippen LogP contribution in [0.25, 0.3) is 11.1 Å². The van der Waals surface area contributed by atoms with Gasteiger partial charge in [0.15, 0.2) is 11.4 Å². The maximum atomic E-state index is 12.5. The minimum atomic E-state index is -0.316. The Morgan fingerprint density at radius 3 is 2.47 bits per heavy atom. The number of carbonyl (C=O) groups is 1. The highest BCUT2D eigenvalue weighted by Crippen LogP contribution is 2.23. The van der Waals surface area contributed by atoms with Crippen molar-refractivity contribution in [2.24, 2.45) is 0 Å². The van der Waals surface area contributed by atoms with Gasteiger partial charge in [0.1, 0.15) is 0 Å². The normalized spacial score (nSPS) is 18.6. The Kier molecular flexibility index (Phi) is 9.40. The number of fused-ring (bicyclic) bond motifs is 1. The van der Waals surface area contributed by atoms with Crippen molar-refractivity contribution in [3.8, 4) is 0 Å². The molecule has 1 aliphatic carbocycles. The zero-order chi connectivity index (χ0) is 23.8. The van der Waals surface area contributed by atoms with Gasteiger partial charge in [0.2, 0.25) is 0 Å². The Labute approximate surface area is 204 Å². The number of nitrogens with zero attached hydrogens (tertiary/aromatic N) is 3. The second-order valence-corrected chi connectivity index (χ2v) is 10.3. The van der Waals surface area contributed by atoms with Crippen LogP contribution >= 0.6 is 0 Å². The summed E-state index contributed by atoms with van der Waals surface area (Å²) in [4.78, 5) is 30.2. The molecular formula is C28H43N3O3. The first kappa shape index (κ1) is 25.2. The van der Waals surface area contributed by atoms with Crippen LogP contribution in [0.3, 0.4) is 0 Å². The predicted molar refractivity (Wildman–Crippen MR) is 138 cm³/mol. The van der Waals surface area contributed by atoms with Crippen molar-refractivity contribution >= 4 is 16.9 Å². The quantitative estimate of drug-likeness (QED) is 0.304. The fourth-order valence-electron chi connectivity index (χ4n) is 5.71.